The number of hydrogen-bond acceptors (Lipinski definition) is 5. The third kappa shape index (κ3) is 3.94. The fourth-order valence-electron chi connectivity index (χ4n) is 2.52. The van der Waals surface area contributed by atoms with Crippen LogP contribution >= 0.6 is 11.6 Å². The van der Waals surface area contributed by atoms with Crippen LogP contribution in [0.3, 0.4) is 0 Å². The molecule has 0 amide bonds. The van der Waals surface area contributed by atoms with E-state index in [0.29, 0.717) is 34.6 Å². The minimum atomic E-state index is -0.434. The summed E-state index contributed by atoms with van der Waals surface area (Å²) in [6.07, 6.45) is 3.51. The molecule has 6 nitrogen and oxygen atoms in total. The van der Waals surface area contributed by atoms with Gasteiger partial charge in [0.25, 0.3) is 0 Å². The summed E-state index contributed by atoms with van der Waals surface area (Å²) in [6, 6.07) is 5.68. The van der Waals surface area contributed by atoms with Gasteiger partial charge in [0.15, 0.2) is 5.82 Å². The lowest BCUT2D eigenvalue weighted by Crippen LogP contribution is -2.22. The largest absolute Gasteiger partial charge is 0.368 e. The summed E-state index contributed by atoms with van der Waals surface area (Å²) >= 11 is 5.89. The number of halogens is 2. The van der Waals surface area contributed by atoms with Crippen LogP contribution in [0.2, 0.25) is 5.02 Å². The molecular weight excluding hydrogens is 343 g/mol. The Labute approximate surface area is 149 Å². The molecule has 3 rings (SSSR count). The number of benzene rings is 1. The van der Waals surface area contributed by atoms with Crippen molar-refractivity contribution < 1.29 is 4.39 Å². The monoisotopic (exact) mass is 360 g/mol. The second-order valence-corrected chi connectivity index (χ2v) is 6.15. The highest BCUT2D eigenvalue weighted by atomic mass is 35.5. The van der Waals surface area contributed by atoms with Gasteiger partial charge in [0.1, 0.15) is 17.5 Å². The lowest BCUT2D eigenvalue weighted by molar-refractivity contribution is 0.621. The minimum absolute atomic E-state index is 0.320. The number of rotatable bonds is 5. The Morgan fingerprint density at radius 3 is 2.76 bits per heavy atom. The molecule has 0 fully saturated rings. The third-order valence-electron chi connectivity index (χ3n) is 3.76. The van der Waals surface area contributed by atoms with E-state index < -0.39 is 11.9 Å². The summed E-state index contributed by atoms with van der Waals surface area (Å²) in [5.41, 5.74) is 7.62. The van der Waals surface area contributed by atoms with E-state index in [9.17, 15) is 4.39 Å². The van der Waals surface area contributed by atoms with Crippen molar-refractivity contribution in [2.24, 2.45) is 5.73 Å². The van der Waals surface area contributed by atoms with Crippen LogP contribution in [-0.4, -0.2) is 26.3 Å². The molecule has 8 heteroatoms. The summed E-state index contributed by atoms with van der Waals surface area (Å²) in [6.45, 7) is 4.09. The van der Waals surface area contributed by atoms with Crippen LogP contribution in [-0.2, 0) is 0 Å². The molecule has 1 aromatic carbocycles. The van der Waals surface area contributed by atoms with E-state index in [-0.39, 0.29) is 0 Å². The summed E-state index contributed by atoms with van der Waals surface area (Å²) in [5, 5.41) is 7.74. The Morgan fingerprint density at radius 1 is 1.28 bits per heavy atom. The zero-order chi connectivity index (χ0) is 18.0. The van der Waals surface area contributed by atoms with Crippen molar-refractivity contribution in [2.75, 3.05) is 11.9 Å². The number of nitrogens with zero attached hydrogens (tertiary/aromatic N) is 4. The van der Waals surface area contributed by atoms with E-state index >= 15 is 0 Å². The van der Waals surface area contributed by atoms with Crippen molar-refractivity contribution >= 4 is 17.4 Å². The fraction of sp³-hybridized carbons (Fsp3) is 0.235. The quantitative estimate of drug-likeness (QED) is 0.730. The lowest BCUT2D eigenvalue weighted by Gasteiger charge is -2.17. The Balaban J connectivity index is 1.81. The topological polar surface area (TPSA) is 81.6 Å². The van der Waals surface area contributed by atoms with Gasteiger partial charge in [-0.25, -0.2) is 19.0 Å². The molecule has 1 unspecified atom stereocenters. The first-order chi connectivity index (χ1) is 11.9. The van der Waals surface area contributed by atoms with Gasteiger partial charge in [0, 0.05) is 35.6 Å². The molecule has 130 valence electrons. The first-order valence-electron chi connectivity index (χ1n) is 7.74. The normalized spacial score (nSPS) is 12.2. The highest BCUT2D eigenvalue weighted by molar-refractivity contribution is 6.30. The van der Waals surface area contributed by atoms with Crippen molar-refractivity contribution in [3.8, 4) is 5.82 Å². The Morgan fingerprint density at radius 2 is 2.08 bits per heavy atom. The number of aromatic nitrogens is 4. The Kier molecular flexibility index (Phi) is 4.96. The van der Waals surface area contributed by atoms with Crippen LogP contribution < -0.4 is 11.1 Å². The third-order valence-corrected chi connectivity index (χ3v) is 3.97. The molecule has 0 spiro atoms. The van der Waals surface area contributed by atoms with Crippen LogP contribution in [0.25, 0.3) is 5.82 Å². The molecular formula is C17H18ClFN6. The lowest BCUT2D eigenvalue weighted by atomic mass is 10.1. The SMILES string of the molecule is Cc1nc(NCC(N)c2cc(F)cc(Cl)c2)c(C)c(-n2cccn2)n1. The molecule has 0 saturated carbocycles. The molecule has 0 aliphatic carbocycles. The number of nitrogens with one attached hydrogen (secondary N) is 1. The van der Waals surface area contributed by atoms with Gasteiger partial charge in [-0.3, -0.25) is 0 Å². The second-order valence-electron chi connectivity index (χ2n) is 5.71. The zero-order valence-electron chi connectivity index (χ0n) is 13.9. The predicted octanol–water partition coefficient (Wildman–Crippen LogP) is 3.18. The second kappa shape index (κ2) is 7.16. The number of hydrogen-bond donors (Lipinski definition) is 2. The highest BCUT2D eigenvalue weighted by Gasteiger charge is 2.13. The molecule has 25 heavy (non-hydrogen) atoms. The van der Waals surface area contributed by atoms with Crippen LogP contribution in [0.5, 0.6) is 0 Å². The standard InChI is InChI=1S/C17H18ClFN6/c1-10-16(23-11(2)24-17(10)25-5-3-4-22-25)21-9-15(20)12-6-13(18)8-14(19)7-12/h3-8,15H,9,20H2,1-2H3,(H,21,23,24). The predicted molar refractivity (Wildman–Crippen MR) is 95.5 cm³/mol. The fourth-order valence-corrected chi connectivity index (χ4v) is 2.75. The van der Waals surface area contributed by atoms with E-state index in [2.05, 4.69) is 20.4 Å². The van der Waals surface area contributed by atoms with Crippen molar-refractivity contribution in [3.63, 3.8) is 0 Å². The highest BCUT2D eigenvalue weighted by Crippen LogP contribution is 2.21. The van der Waals surface area contributed by atoms with Gasteiger partial charge < -0.3 is 11.1 Å². The number of aryl methyl sites for hydroxylation is 1. The summed E-state index contributed by atoms with van der Waals surface area (Å²) in [5.74, 6) is 1.56. The minimum Gasteiger partial charge on any atom is -0.368 e. The first-order valence-corrected chi connectivity index (χ1v) is 8.12. The molecule has 1 atom stereocenters. The molecule has 0 bridgehead atoms. The van der Waals surface area contributed by atoms with E-state index in [4.69, 9.17) is 17.3 Å². The Hall–Kier alpha value is -2.51. The molecule has 0 aliphatic heterocycles. The Bertz CT molecular complexity index is 861. The number of anilines is 1. The van der Waals surface area contributed by atoms with Crippen molar-refractivity contribution in [1.82, 2.24) is 19.7 Å². The van der Waals surface area contributed by atoms with Gasteiger partial charge in [0.05, 0.1) is 0 Å². The van der Waals surface area contributed by atoms with Gasteiger partial charge in [-0.05, 0) is 43.7 Å². The average Bonchev–Trinajstić information content (AvgIpc) is 3.08. The van der Waals surface area contributed by atoms with E-state index in [0.717, 1.165) is 5.56 Å². The summed E-state index contributed by atoms with van der Waals surface area (Å²) in [4.78, 5) is 8.86. The molecule has 2 aromatic heterocycles. The van der Waals surface area contributed by atoms with Gasteiger partial charge in [-0.2, -0.15) is 5.10 Å². The van der Waals surface area contributed by atoms with Gasteiger partial charge >= 0.3 is 0 Å². The molecule has 0 aliphatic rings. The summed E-state index contributed by atoms with van der Waals surface area (Å²) < 4.78 is 15.2. The van der Waals surface area contributed by atoms with Gasteiger partial charge in [0.2, 0.25) is 0 Å². The number of nitrogens with two attached hydrogens (primary N) is 1. The molecule has 0 saturated heterocycles. The van der Waals surface area contributed by atoms with E-state index in [1.165, 1.54) is 12.1 Å². The maximum atomic E-state index is 13.5. The maximum Gasteiger partial charge on any atom is 0.162 e. The van der Waals surface area contributed by atoms with Crippen LogP contribution in [0, 0.1) is 19.7 Å². The van der Waals surface area contributed by atoms with Crippen LogP contribution in [0.15, 0.2) is 36.7 Å². The van der Waals surface area contributed by atoms with E-state index in [1.807, 2.05) is 26.1 Å². The first kappa shape index (κ1) is 17.3. The van der Waals surface area contributed by atoms with Gasteiger partial charge in [-0.15, -0.1) is 0 Å². The summed E-state index contributed by atoms with van der Waals surface area (Å²) in [7, 11) is 0. The molecule has 0 radical (unpaired) electrons. The average molecular weight is 361 g/mol. The zero-order valence-corrected chi connectivity index (χ0v) is 14.6. The van der Waals surface area contributed by atoms with E-state index in [1.54, 1.807) is 16.9 Å². The van der Waals surface area contributed by atoms with Crippen LogP contribution in [0.1, 0.15) is 23.0 Å². The van der Waals surface area contributed by atoms with Crippen molar-refractivity contribution in [2.45, 2.75) is 19.9 Å². The molecule has 2 heterocycles. The smallest absolute Gasteiger partial charge is 0.162 e. The maximum absolute atomic E-state index is 13.5. The molecule has 3 N–H and O–H groups in total. The van der Waals surface area contributed by atoms with Crippen LogP contribution in [0.4, 0.5) is 10.2 Å². The van der Waals surface area contributed by atoms with Gasteiger partial charge in [-0.1, -0.05) is 11.6 Å². The van der Waals surface area contributed by atoms with Crippen molar-refractivity contribution in [1.29, 1.82) is 0 Å². The molecule has 3 aromatic rings. The van der Waals surface area contributed by atoms with Crippen molar-refractivity contribution in [3.05, 3.63) is 64.5 Å².